The molecule has 110 valence electrons. The van der Waals surface area contributed by atoms with E-state index in [1.54, 1.807) is 0 Å². The number of aliphatic carboxylic acids is 1. The number of carboxylic acids is 1. The minimum Gasteiger partial charge on any atom is -0.481 e. The van der Waals surface area contributed by atoms with Gasteiger partial charge >= 0.3 is 12.0 Å². The van der Waals surface area contributed by atoms with E-state index >= 15 is 0 Å². The van der Waals surface area contributed by atoms with Crippen LogP contribution in [0.15, 0.2) is 18.2 Å². The summed E-state index contributed by atoms with van der Waals surface area (Å²) in [6.45, 7) is 6.33. The summed E-state index contributed by atoms with van der Waals surface area (Å²) in [4.78, 5) is 22.0. The number of hydrogen-bond acceptors (Lipinski definition) is 2. The van der Waals surface area contributed by atoms with E-state index in [1.165, 1.54) is 5.56 Å². The topological polar surface area (TPSA) is 78.4 Å². The number of benzene rings is 1. The molecule has 0 saturated carbocycles. The lowest BCUT2D eigenvalue weighted by molar-refractivity contribution is -0.137. The molecule has 0 spiro atoms. The summed E-state index contributed by atoms with van der Waals surface area (Å²) >= 11 is 0. The van der Waals surface area contributed by atoms with Gasteiger partial charge in [-0.3, -0.25) is 4.79 Å². The number of carbonyl (C=O) groups excluding carboxylic acids is 1. The van der Waals surface area contributed by atoms with E-state index in [4.69, 9.17) is 5.11 Å². The van der Waals surface area contributed by atoms with E-state index in [1.807, 2.05) is 32.9 Å². The van der Waals surface area contributed by atoms with Crippen LogP contribution in [-0.2, 0) is 4.79 Å². The van der Waals surface area contributed by atoms with Crippen LogP contribution in [0.2, 0.25) is 0 Å². The normalized spacial score (nSPS) is 11.8. The van der Waals surface area contributed by atoms with Crippen molar-refractivity contribution in [2.24, 2.45) is 0 Å². The van der Waals surface area contributed by atoms with E-state index in [0.29, 0.717) is 13.0 Å². The van der Waals surface area contributed by atoms with Gasteiger partial charge in [0.25, 0.3) is 0 Å². The zero-order valence-electron chi connectivity index (χ0n) is 12.2. The van der Waals surface area contributed by atoms with Gasteiger partial charge < -0.3 is 15.7 Å². The maximum absolute atomic E-state index is 11.7. The second-order valence-corrected chi connectivity index (χ2v) is 4.98. The number of carbonyl (C=O) groups is 2. The molecule has 0 fully saturated rings. The van der Waals surface area contributed by atoms with Crippen LogP contribution in [-0.4, -0.2) is 23.7 Å². The van der Waals surface area contributed by atoms with Gasteiger partial charge in [0.1, 0.15) is 0 Å². The van der Waals surface area contributed by atoms with Crippen LogP contribution in [0.4, 0.5) is 4.79 Å². The van der Waals surface area contributed by atoms with E-state index in [0.717, 1.165) is 11.1 Å². The average Bonchev–Trinajstić information content (AvgIpc) is 2.34. The lowest BCUT2D eigenvalue weighted by Crippen LogP contribution is -2.37. The van der Waals surface area contributed by atoms with Crippen LogP contribution in [0.1, 0.15) is 42.5 Å². The average molecular weight is 278 g/mol. The molecule has 1 aromatic carbocycles. The first-order valence-corrected chi connectivity index (χ1v) is 6.73. The highest BCUT2D eigenvalue weighted by Crippen LogP contribution is 2.18. The standard InChI is InChI=1S/C15H22N2O3/c1-10-6-7-13(11(2)9-10)12(3)17-15(20)16-8-4-5-14(18)19/h6-7,9,12H,4-5,8H2,1-3H3,(H,18,19)(H2,16,17,20). The second kappa shape index (κ2) is 7.53. The van der Waals surface area contributed by atoms with Crippen molar-refractivity contribution < 1.29 is 14.7 Å². The molecule has 5 heteroatoms. The largest absolute Gasteiger partial charge is 0.481 e. The SMILES string of the molecule is Cc1ccc(C(C)NC(=O)NCCCC(=O)O)c(C)c1. The molecule has 0 saturated heterocycles. The maximum atomic E-state index is 11.7. The number of urea groups is 1. The van der Waals surface area contributed by atoms with Crippen LogP contribution < -0.4 is 10.6 Å². The van der Waals surface area contributed by atoms with Crippen LogP contribution in [0, 0.1) is 13.8 Å². The fraction of sp³-hybridized carbons (Fsp3) is 0.467. The molecular weight excluding hydrogens is 256 g/mol. The molecule has 20 heavy (non-hydrogen) atoms. The number of nitrogens with one attached hydrogen (secondary N) is 2. The summed E-state index contributed by atoms with van der Waals surface area (Å²) in [6, 6.07) is 5.75. The number of carboxylic acid groups (broad SMARTS) is 1. The summed E-state index contributed by atoms with van der Waals surface area (Å²) in [5, 5.41) is 14.0. The van der Waals surface area contributed by atoms with Crippen molar-refractivity contribution in [3.63, 3.8) is 0 Å². The molecule has 0 aliphatic carbocycles. The first-order valence-electron chi connectivity index (χ1n) is 6.73. The highest BCUT2D eigenvalue weighted by Gasteiger charge is 2.11. The number of amides is 2. The smallest absolute Gasteiger partial charge is 0.315 e. The third-order valence-electron chi connectivity index (χ3n) is 3.09. The second-order valence-electron chi connectivity index (χ2n) is 4.98. The van der Waals surface area contributed by atoms with Gasteiger partial charge in [0, 0.05) is 13.0 Å². The Morgan fingerprint density at radius 2 is 2.00 bits per heavy atom. The molecule has 0 aromatic heterocycles. The molecule has 0 bridgehead atoms. The van der Waals surface area contributed by atoms with Crippen molar-refractivity contribution >= 4 is 12.0 Å². The van der Waals surface area contributed by atoms with Gasteiger partial charge in [-0.15, -0.1) is 0 Å². The summed E-state index contributed by atoms with van der Waals surface area (Å²) in [5.41, 5.74) is 3.41. The van der Waals surface area contributed by atoms with Crippen molar-refractivity contribution in [3.05, 3.63) is 34.9 Å². The zero-order valence-corrected chi connectivity index (χ0v) is 12.2. The highest BCUT2D eigenvalue weighted by atomic mass is 16.4. The molecule has 0 heterocycles. The Morgan fingerprint density at radius 1 is 1.30 bits per heavy atom. The molecule has 3 N–H and O–H groups in total. The molecule has 0 radical (unpaired) electrons. The van der Waals surface area contributed by atoms with Crippen LogP contribution in [0.3, 0.4) is 0 Å². The zero-order chi connectivity index (χ0) is 15.1. The quantitative estimate of drug-likeness (QED) is 0.700. The first kappa shape index (κ1) is 16.0. The Balaban J connectivity index is 2.43. The van der Waals surface area contributed by atoms with Gasteiger partial charge in [-0.05, 0) is 38.3 Å². The van der Waals surface area contributed by atoms with Gasteiger partial charge in [0.15, 0.2) is 0 Å². The van der Waals surface area contributed by atoms with Crippen molar-refractivity contribution in [2.45, 2.75) is 39.7 Å². The Morgan fingerprint density at radius 3 is 2.60 bits per heavy atom. The molecule has 0 aliphatic rings. The van der Waals surface area contributed by atoms with Crippen molar-refractivity contribution in [3.8, 4) is 0 Å². The van der Waals surface area contributed by atoms with E-state index in [9.17, 15) is 9.59 Å². The monoisotopic (exact) mass is 278 g/mol. The third-order valence-corrected chi connectivity index (χ3v) is 3.09. The van der Waals surface area contributed by atoms with Crippen LogP contribution in [0.5, 0.6) is 0 Å². The molecule has 2 amide bonds. The minimum absolute atomic E-state index is 0.0624. The van der Waals surface area contributed by atoms with E-state index in [2.05, 4.69) is 16.7 Å². The van der Waals surface area contributed by atoms with Gasteiger partial charge in [-0.2, -0.15) is 0 Å². The van der Waals surface area contributed by atoms with Crippen molar-refractivity contribution in [1.29, 1.82) is 0 Å². The molecule has 1 aromatic rings. The fourth-order valence-electron chi connectivity index (χ4n) is 2.08. The lowest BCUT2D eigenvalue weighted by atomic mass is 10.0. The van der Waals surface area contributed by atoms with Crippen molar-refractivity contribution in [1.82, 2.24) is 10.6 Å². The van der Waals surface area contributed by atoms with Gasteiger partial charge in [-0.1, -0.05) is 23.8 Å². The number of hydrogen-bond donors (Lipinski definition) is 3. The molecule has 5 nitrogen and oxygen atoms in total. The lowest BCUT2D eigenvalue weighted by Gasteiger charge is -2.17. The number of rotatable bonds is 6. The molecular formula is C15H22N2O3. The third kappa shape index (κ3) is 5.30. The Bertz CT molecular complexity index is 486. The van der Waals surface area contributed by atoms with Gasteiger partial charge in [-0.25, -0.2) is 4.79 Å². The van der Waals surface area contributed by atoms with Crippen molar-refractivity contribution in [2.75, 3.05) is 6.54 Å². The predicted octanol–water partition coefficient (Wildman–Crippen LogP) is 2.53. The molecule has 1 unspecified atom stereocenters. The molecule has 1 atom stereocenters. The first-order chi connectivity index (χ1) is 9.40. The van der Waals surface area contributed by atoms with Gasteiger partial charge in [0.05, 0.1) is 6.04 Å². The molecule has 1 rings (SSSR count). The highest BCUT2D eigenvalue weighted by molar-refractivity contribution is 5.74. The van der Waals surface area contributed by atoms with Crippen LogP contribution >= 0.6 is 0 Å². The summed E-state index contributed by atoms with van der Waals surface area (Å²) in [5.74, 6) is -0.851. The minimum atomic E-state index is -0.851. The molecule has 0 aliphatic heterocycles. The summed E-state index contributed by atoms with van der Waals surface area (Å²) < 4.78 is 0. The van der Waals surface area contributed by atoms with E-state index < -0.39 is 5.97 Å². The fourth-order valence-corrected chi connectivity index (χ4v) is 2.08. The summed E-state index contributed by atoms with van der Waals surface area (Å²) in [6.07, 6.45) is 0.494. The maximum Gasteiger partial charge on any atom is 0.315 e. The Labute approximate surface area is 119 Å². The van der Waals surface area contributed by atoms with Crippen LogP contribution in [0.25, 0.3) is 0 Å². The predicted molar refractivity (Wildman–Crippen MR) is 77.7 cm³/mol. The summed E-state index contributed by atoms with van der Waals surface area (Å²) in [7, 11) is 0. The van der Waals surface area contributed by atoms with E-state index in [-0.39, 0.29) is 18.5 Å². The number of aryl methyl sites for hydroxylation is 2. The van der Waals surface area contributed by atoms with Gasteiger partial charge in [0.2, 0.25) is 0 Å². The Hall–Kier alpha value is -2.04. The Kier molecular flexibility index (Phi) is 6.03.